The van der Waals surface area contributed by atoms with Gasteiger partial charge in [0.15, 0.2) is 0 Å². The summed E-state index contributed by atoms with van der Waals surface area (Å²) < 4.78 is 5.54. The van der Waals surface area contributed by atoms with Crippen LogP contribution in [0.15, 0.2) is 18.2 Å². The lowest BCUT2D eigenvalue weighted by molar-refractivity contribution is -0.118. The van der Waals surface area contributed by atoms with Crippen LogP contribution in [0.4, 0.5) is 5.69 Å². The minimum absolute atomic E-state index is 0.0978. The molecule has 4 nitrogen and oxygen atoms in total. The predicted octanol–water partition coefficient (Wildman–Crippen LogP) is 2.88. The molecule has 4 heteroatoms. The highest BCUT2D eigenvalue weighted by atomic mass is 16.5. The molecule has 18 heavy (non-hydrogen) atoms. The van der Waals surface area contributed by atoms with Crippen molar-refractivity contribution in [1.29, 1.82) is 0 Å². The summed E-state index contributed by atoms with van der Waals surface area (Å²) >= 11 is 0. The third-order valence-corrected chi connectivity index (χ3v) is 2.38. The zero-order valence-electron chi connectivity index (χ0n) is 11.0. The highest BCUT2D eigenvalue weighted by molar-refractivity contribution is 5.94. The Morgan fingerprint density at radius 2 is 2.17 bits per heavy atom. The third kappa shape index (κ3) is 3.87. The number of carbonyl (C=O) groups excluding carboxylic acids is 2. The van der Waals surface area contributed by atoms with Crippen LogP contribution < -0.4 is 10.1 Å². The van der Waals surface area contributed by atoms with E-state index in [2.05, 4.69) is 5.32 Å². The molecular formula is C14H19NO3. The Morgan fingerprint density at radius 3 is 2.72 bits per heavy atom. The number of rotatable bonds is 6. The minimum atomic E-state index is -0.121. The lowest BCUT2D eigenvalue weighted by Gasteiger charge is -2.13. The molecule has 0 radical (unpaired) electrons. The SMILES string of the molecule is CCCOc1ccc(C=O)cc1NC(=O)C(C)C. The summed E-state index contributed by atoms with van der Waals surface area (Å²) in [6.45, 7) is 6.20. The van der Waals surface area contributed by atoms with Gasteiger partial charge in [-0.15, -0.1) is 0 Å². The molecule has 0 saturated heterocycles. The van der Waals surface area contributed by atoms with Crippen molar-refractivity contribution in [3.63, 3.8) is 0 Å². The summed E-state index contributed by atoms with van der Waals surface area (Å²) in [5.41, 5.74) is 1.06. The molecular weight excluding hydrogens is 230 g/mol. The van der Waals surface area contributed by atoms with E-state index >= 15 is 0 Å². The van der Waals surface area contributed by atoms with Gasteiger partial charge < -0.3 is 10.1 Å². The largest absolute Gasteiger partial charge is 0.491 e. The highest BCUT2D eigenvalue weighted by Crippen LogP contribution is 2.26. The Bertz CT molecular complexity index is 427. The Labute approximate surface area is 107 Å². The first-order valence-electron chi connectivity index (χ1n) is 6.11. The Kier molecular flexibility index (Phi) is 5.36. The van der Waals surface area contributed by atoms with Crippen molar-refractivity contribution in [2.45, 2.75) is 27.2 Å². The van der Waals surface area contributed by atoms with Crippen LogP contribution in [-0.4, -0.2) is 18.8 Å². The average molecular weight is 249 g/mol. The van der Waals surface area contributed by atoms with Gasteiger partial charge in [-0.05, 0) is 24.6 Å². The van der Waals surface area contributed by atoms with Crippen LogP contribution in [0.2, 0.25) is 0 Å². The fraction of sp³-hybridized carbons (Fsp3) is 0.429. The Hall–Kier alpha value is -1.84. The smallest absolute Gasteiger partial charge is 0.227 e. The van der Waals surface area contributed by atoms with Crippen molar-refractivity contribution in [3.8, 4) is 5.75 Å². The maximum absolute atomic E-state index is 11.7. The van der Waals surface area contributed by atoms with Crippen LogP contribution in [0.1, 0.15) is 37.6 Å². The summed E-state index contributed by atoms with van der Waals surface area (Å²) in [6.07, 6.45) is 1.63. The van der Waals surface area contributed by atoms with Gasteiger partial charge in [-0.2, -0.15) is 0 Å². The molecule has 0 fully saturated rings. The number of aldehydes is 1. The molecule has 0 aromatic heterocycles. The van der Waals surface area contributed by atoms with E-state index in [1.54, 1.807) is 18.2 Å². The summed E-state index contributed by atoms with van der Waals surface area (Å²) in [6, 6.07) is 5.00. The summed E-state index contributed by atoms with van der Waals surface area (Å²) in [7, 11) is 0. The number of amides is 1. The average Bonchev–Trinajstić information content (AvgIpc) is 2.36. The van der Waals surface area contributed by atoms with Gasteiger partial charge in [0.05, 0.1) is 12.3 Å². The highest BCUT2D eigenvalue weighted by Gasteiger charge is 2.11. The number of benzene rings is 1. The molecule has 0 saturated carbocycles. The third-order valence-electron chi connectivity index (χ3n) is 2.38. The fourth-order valence-electron chi connectivity index (χ4n) is 1.33. The van der Waals surface area contributed by atoms with Gasteiger partial charge in [0.25, 0.3) is 0 Å². The number of hydrogen-bond donors (Lipinski definition) is 1. The van der Waals surface area contributed by atoms with Gasteiger partial charge in [-0.25, -0.2) is 0 Å². The summed E-state index contributed by atoms with van der Waals surface area (Å²) in [5, 5.41) is 2.77. The van der Waals surface area contributed by atoms with Gasteiger partial charge >= 0.3 is 0 Å². The van der Waals surface area contributed by atoms with E-state index in [4.69, 9.17) is 4.74 Å². The second kappa shape index (κ2) is 6.79. The zero-order valence-corrected chi connectivity index (χ0v) is 11.0. The number of carbonyl (C=O) groups is 2. The van der Waals surface area contributed by atoms with Crippen molar-refractivity contribution in [1.82, 2.24) is 0 Å². The van der Waals surface area contributed by atoms with Gasteiger partial charge in [0.1, 0.15) is 12.0 Å². The Morgan fingerprint density at radius 1 is 1.44 bits per heavy atom. The fourth-order valence-corrected chi connectivity index (χ4v) is 1.33. The van der Waals surface area contributed by atoms with Crippen LogP contribution >= 0.6 is 0 Å². The van der Waals surface area contributed by atoms with E-state index in [0.717, 1.165) is 12.7 Å². The minimum Gasteiger partial charge on any atom is -0.491 e. The van der Waals surface area contributed by atoms with Gasteiger partial charge in [-0.1, -0.05) is 20.8 Å². The lowest BCUT2D eigenvalue weighted by Crippen LogP contribution is -2.18. The lowest BCUT2D eigenvalue weighted by atomic mass is 10.1. The second-order valence-corrected chi connectivity index (χ2v) is 4.37. The molecule has 0 heterocycles. The molecule has 1 amide bonds. The van der Waals surface area contributed by atoms with E-state index in [-0.39, 0.29) is 11.8 Å². The molecule has 0 aliphatic carbocycles. The molecule has 0 aliphatic rings. The van der Waals surface area contributed by atoms with E-state index in [0.29, 0.717) is 23.6 Å². The molecule has 0 unspecified atom stereocenters. The van der Waals surface area contributed by atoms with Crippen LogP contribution in [0.3, 0.4) is 0 Å². The first-order chi connectivity index (χ1) is 8.58. The molecule has 0 atom stereocenters. The first kappa shape index (κ1) is 14.2. The number of nitrogens with one attached hydrogen (secondary N) is 1. The van der Waals surface area contributed by atoms with Crippen LogP contribution in [0.25, 0.3) is 0 Å². The first-order valence-corrected chi connectivity index (χ1v) is 6.11. The van der Waals surface area contributed by atoms with E-state index < -0.39 is 0 Å². The van der Waals surface area contributed by atoms with E-state index in [1.165, 1.54) is 0 Å². The normalized spacial score (nSPS) is 10.2. The Balaban J connectivity index is 2.95. The molecule has 98 valence electrons. The predicted molar refractivity (Wildman–Crippen MR) is 71.1 cm³/mol. The van der Waals surface area contributed by atoms with Crippen LogP contribution in [0.5, 0.6) is 5.75 Å². The number of ether oxygens (including phenoxy) is 1. The molecule has 0 spiro atoms. The molecule has 1 aromatic rings. The molecule has 1 N–H and O–H groups in total. The number of hydrogen-bond acceptors (Lipinski definition) is 3. The van der Waals surface area contributed by atoms with Gasteiger partial charge in [0.2, 0.25) is 5.91 Å². The molecule has 1 rings (SSSR count). The zero-order chi connectivity index (χ0) is 13.5. The molecule has 1 aromatic carbocycles. The maximum atomic E-state index is 11.7. The quantitative estimate of drug-likeness (QED) is 0.789. The standard InChI is InChI=1S/C14H19NO3/c1-4-7-18-13-6-5-11(9-16)8-12(13)15-14(17)10(2)3/h5-6,8-10H,4,7H2,1-3H3,(H,15,17). The second-order valence-electron chi connectivity index (χ2n) is 4.37. The molecule has 0 aliphatic heterocycles. The van der Waals surface area contributed by atoms with Crippen molar-refractivity contribution in [2.24, 2.45) is 5.92 Å². The van der Waals surface area contributed by atoms with Gasteiger partial charge in [-0.3, -0.25) is 9.59 Å². The molecule has 0 bridgehead atoms. The topological polar surface area (TPSA) is 55.4 Å². The van der Waals surface area contributed by atoms with Crippen molar-refractivity contribution >= 4 is 17.9 Å². The summed E-state index contributed by atoms with van der Waals surface area (Å²) in [5.74, 6) is 0.375. The number of anilines is 1. The van der Waals surface area contributed by atoms with Crippen LogP contribution in [-0.2, 0) is 4.79 Å². The van der Waals surface area contributed by atoms with Crippen molar-refractivity contribution < 1.29 is 14.3 Å². The van der Waals surface area contributed by atoms with E-state index in [9.17, 15) is 9.59 Å². The maximum Gasteiger partial charge on any atom is 0.227 e. The monoisotopic (exact) mass is 249 g/mol. The van der Waals surface area contributed by atoms with Gasteiger partial charge in [0, 0.05) is 11.5 Å². The van der Waals surface area contributed by atoms with Crippen molar-refractivity contribution in [2.75, 3.05) is 11.9 Å². The summed E-state index contributed by atoms with van der Waals surface area (Å²) in [4.78, 5) is 22.4. The van der Waals surface area contributed by atoms with Crippen LogP contribution in [0, 0.1) is 5.92 Å². The van der Waals surface area contributed by atoms with Crippen molar-refractivity contribution in [3.05, 3.63) is 23.8 Å². The van der Waals surface area contributed by atoms with E-state index in [1.807, 2.05) is 20.8 Å².